The summed E-state index contributed by atoms with van der Waals surface area (Å²) in [5, 5.41) is 11.6. The highest BCUT2D eigenvalue weighted by atomic mass is 16.5. The third-order valence-electron chi connectivity index (χ3n) is 3.31. The Labute approximate surface area is 118 Å². The Bertz CT molecular complexity index is 383. The molecule has 1 aliphatic heterocycles. The number of carboxylic acids is 1. The van der Waals surface area contributed by atoms with E-state index in [1.54, 1.807) is 0 Å². The second-order valence-electron chi connectivity index (χ2n) is 5.42. The molecule has 0 aromatic heterocycles. The lowest BCUT2D eigenvalue weighted by molar-refractivity contribution is -0.145. The molecule has 0 saturated carbocycles. The van der Waals surface area contributed by atoms with Crippen molar-refractivity contribution in [3.63, 3.8) is 0 Å². The van der Waals surface area contributed by atoms with Crippen molar-refractivity contribution >= 4 is 18.0 Å². The first-order valence-corrected chi connectivity index (χ1v) is 6.71. The number of methoxy groups -OCH3 is 1. The number of carbonyl (C=O) groups excluding carboxylic acids is 2. The summed E-state index contributed by atoms with van der Waals surface area (Å²) in [5.41, 5.74) is 0. The Hall–Kier alpha value is -1.79. The molecule has 0 aliphatic carbocycles. The number of carboxylic acid groups (broad SMARTS) is 1. The molecular formula is C13H22N2O5. The highest BCUT2D eigenvalue weighted by Crippen LogP contribution is 2.17. The minimum absolute atomic E-state index is 0.165. The second-order valence-corrected chi connectivity index (χ2v) is 5.42. The number of rotatable bonds is 5. The number of aliphatic carboxylic acids is 1. The van der Waals surface area contributed by atoms with Gasteiger partial charge in [-0.05, 0) is 18.8 Å². The number of hydrogen-bond acceptors (Lipinski definition) is 4. The van der Waals surface area contributed by atoms with Gasteiger partial charge >= 0.3 is 18.0 Å². The Morgan fingerprint density at radius 1 is 1.40 bits per heavy atom. The predicted octanol–water partition coefficient (Wildman–Crippen LogP) is 0.690. The summed E-state index contributed by atoms with van der Waals surface area (Å²) in [6.07, 6.45) is 0.914. The number of hydrogen-bond donors (Lipinski definition) is 2. The van der Waals surface area contributed by atoms with Crippen LogP contribution in [0.2, 0.25) is 0 Å². The second kappa shape index (κ2) is 7.12. The summed E-state index contributed by atoms with van der Waals surface area (Å²) < 4.78 is 4.64. The van der Waals surface area contributed by atoms with Crippen molar-refractivity contribution < 1.29 is 24.2 Å². The molecule has 0 bridgehead atoms. The lowest BCUT2D eigenvalue weighted by Crippen LogP contribution is -2.47. The zero-order valence-corrected chi connectivity index (χ0v) is 12.1. The standard InChI is InChI=1S/C13H22N2O5/c1-8(2)6-10(11(16)17)14-13(19)15-5-4-9(7-15)12(18)20-3/h8-10H,4-7H2,1-3H3,(H,14,19)(H,16,17)/t9?,10-/m0/s1. The van der Waals surface area contributed by atoms with Crippen LogP contribution in [0.3, 0.4) is 0 Å². The van der Waals surface area contributed by atoms with Gasteiger partial charge in [0.05, 0.1) is 13.0 Å². The van der Waals surface area contributed by atoms with Gasteiger partial charge < -0.3 is 20.1 Å². The van der Waals surface area contributed by atoms with E-state index in [-0.39, 0.29) is 24.3 Å². The Morgan fingerprint density at radius 2 is 2.05 bits per heavy atom. The van der Waals surface area contributed by atoms with Crippen LogP contribution in [0.25, 0.3) is 0 Å². The van der Waals surface area contributed by atoms with Gasteiger partial charge in [-0.3, -0.25) is 4.79 Å². The monoisotopic (exact) mass is 286 g/mol. The summed E-state index contributed by atoms with van der Waals surface area (Å²) in [5.74, 6) is -1.54. The van der Waals surface area contributed by atoms with E-state index >= 15 is 0 Å². The molecule has 1 rings (SSSR count). The average molecular weight is 286 g/mol. The molecule has 2 N–H and O–H groups in total. The molecule has 0 radical (unpaired) electrons. The van der Waals surface area contributed by atoms with Crippen LogP contribution in [-0.2, 0) is 14.3 Å². The van der Waals surface area contributed by atoms with Gasteiger partial charge in [0, 0.05) is 13.1 Å². The van der Waals surface area contributed by atoms with Crippen molar-refractivity contribution in [1.29, 1.82) is 0 Å². The minimum Gasteiger partial charge on any atom is -0.480 e. The zero-order chi connectivity index (χ0) is 15.3. The fourth-order valence-corrected chi connectivity index (χ4v) is 2.24. The Morgan fingerprint density at radius 3 is 2.55 bits per heavy atom. The van der Waals surface area contributed by atoms with Gasteiger partial charge in [-0.25, -0.2) is 9.59 Å². The highest BCUT2D eigenvalue weighted by molar-refractivity contribution is 5.83. The van der Waals surface area contributed by atoms with Crippen molar-refractivity contribution in [1.82, 2.24) is 10.2 Å². The molecule has 0 aromatic carbocycles. The average Bonchev–Trinajstić information content (AvgIpc) is 2.85. The van der Waals surface area contributed by atoms with Gasteiger partial charge in [-0.2, -0.15) is 0 Å². The largest absolute Gasteiger partial charge is 0.480 e. The van der Waals surface area contributed by atoms with Crippen LogP contribution in [0.4, 0.5) is 4.79 Å². The Balaban J connectivity index is 2.54. The first kappa shape index (κ1) is 16.3. The third kappa shape index (κ3) is 4.40. The van der Waals surface area contributed by atoms with Gasteiger partial charge in [0.25, 0.3) is 0 Å². The molecule has 7 nitrogen and oxygen atoms in total. The number of likely N-dealkylation sites (tertiary alicyclic amines) is 1. The van der Waals surface area contributed by atoms with E-state index in [2.05, 4.69) is 10.1 Å². The molecule has 1 fully saturated rings. The molecule has 1 unspecified atom stereocenters. The van der Waals surface area contributed by atoms with Crippen molar-refractivity contribution in [3.8, 4) is 0 Å². The van der Waals surface area contributed by atoms with Crippen LogP contribution in [0.15, 0.2) is 0 Å². The summed E-state index contributed by atoms with van der Waals surface area (Å²) in [7, 11) is 1.31. The van der Waals surface area contributed by atoms with Crippen LogP contribution in [-0.4, -0.2) is 54.2 Å². The molecule has 0 spiro atoms. The van der Waals surface area contributed by atoms with E-state index in [4.69, 9.17) is 5.11 Å². The molecular weight excluding hydrogens is 264 g/mol. The van der Waals surface area contributed by atoms with Crippen molar-refractivity contribution in [2.75, 3.05) is 20.2 Å². The van der Waals surface area contributed by atoms with E-state index in [0.29, 0.717) is 19.4 Å². The minimum atomic E-state index is -1.05. The smallest absolute Gasteiger partial charge is 0.326 e. The van der Waals surface area contributed by atoms with Gasteiger partial charge in [0.15, 0.2) is 0 Å². The molecule has 1 heterocycles. The van der Waals surface area contributed by atoms with Crippen LogP contribution < -0.4 is 5.32 Å². The number of nitrogens with one attached hydrogen (secondary N) is 1. The van der Waals surface area contributed by atoms with Crippen molar-refractivity contribution in [2.45, 2.75) is 32.7 Å². The van der Waals surface area contributed by atoms with E-state index < -0.39 is 18.0 Å². The molecule has 7 heteroatoms. The quantitative estimate of drug-likeness (QED) is 0.725. The normalized spacial score (nSPS) is 19.8. The van der Waals surface area contributed by atoms with Gasteiger partial charge in [0.1, 0.15) is 6.04 Å². The molecule has 0 aromatic rings. The van der Waals surface area contributed by atoms with Crippen LogP contribution in [0, 0.1) is 11.8 Å². The molecule has 2 atom stereocenters. The molecule has 20 heavy (non-hydrogen) atoms. The number of urea groups is 1. The van der Waals surface area contributed by atoms with Gasteiger partial charge in [-0.15, -0.1) is 0 Å². The third-order valence-corrected chi connectivity index (χ3v) is 3.31. The zero-order valence-electron chi connectivity index (χ0n) is 12.1. The lowest BCUT2D eigenvalue weighted by Gasteiger charge is -2.21. The maximum absolute atomic E-state index is 12.0. The molecule has 2 amide bonds. The number of carbonyl (C=O) groups is 3. The molecule has 1 aliphatic rings. The van der Waals surface area contributed by atoms with Crippen LogP contribution in [0.1, 0.15) is 26.7 Å². The topological polar surface area (TPSA) is 95.9 Å². The van der Waals surface area contributed by atoms with E-state index in [1.807, 2.05) is 13.8 Å². The SMILES string of the molecule is COC(=O)C1CCN(C(=O)N[C@@H](CC(C)C)C(=O)O)C1. The maximum atomic E-state index is 12.0. The lowest BCUT2D eigenvalue weighted by atomic mass is 10.0. The summed E-state index contributed by atoms with van der Waals surface area (Å²) >= 11 is 0. The fraction of sp³-hybridized carbons (Fsp3) is 0.769. The van der Waals surface area contributed by atoms with Crippen molar-refractivity contribution in [3.05, 3.63) is 0 Å². The number of amides is 2. The van der Waals surface area contributed by atoms with E-state index in [9.17, 15) is 14.4 Å². The van der Waals surface area contributed by atoms with Gasteiger partial charge in [0.2, 0.25) is 0 Å². The summed E-state index contributed by atoms with van der Waals surface area (Å²) in [4.78, 5) is 35.9. The van der Waals surface area contributed by atoms with E-state index in [1.165, 1.54) is 12.0 Å². The van der Waals surface area contributed by atoms with Crippen LogP contribution in [0.5, 0.6) is 0 Å². The number of nitrogens with zero attached hydrogens (tertiary/aromatic N) is 1. The van der Waals surface area contributed by atoms with Gasteiger partial charge in [-0.1, -0.05) is 13.8 Å². The number of esters is 1. The van der Waals surface area contributed by atoms with Crippen molar-refractivity contribution in [2.24, 2.45) is 11.8 Å². The first-order valence-electron chi connectivity index (χ1n) is 6.71. The van der Waals surface area contributed by atoms with E-state index in [0.717, 1.165) is 0 Å². The summed E-state index contributed by atoms with van der Waals surface area (Å²) in [6, 6.07) is -1.34. The predicted molar refractivity (Wildman–Crippen MR) is 71.1 cm³/mol. The highest BCUT2D eigenvalue weighted by Gasteiger charge is 2.33. The number of ether oxygens (including phenoxy) is 1. The maximum Gasteiger partial charge on any atom is 0.326 e. The Kier molecular flexibility index (Phi) is 5.79. The fourth-order valence-electron chi connectivity index (χ4n) is 2.24. The van der Waals surface area contributed by atoms with Crippen LogP contribution >= 0.6 is 0 Å². The molecule has 1 saturated heterocycles. The first-order chi connectivity index (χ1) is 9.35. The summed E-state index contributed by atoms with van der Waals surface area (Å²) in [6.45, 7) is 4.49. The molecule has 114 valence electrons.